The van der Waals surface area contributed by atoms with Gasteiger partial charge < -0.3 is 64.5 Å². The van der Waals surface area contributed by atoms with Crippen molar-refractivity contribution < 1.29 is 69.3 Å². The van der Waals surface area contributed by atoms with Crippen LogP contribution in [0.25, 0.3) is 0 Å². The number of aliphatic hydroxyl groups is 6. The lowest BCUT2D eigenvalue weighted by Gasteiger charge is -2.46. The van der Waals surface area contributed by atoms with Crippen LogP contribution < -0.4 is 0 Å². The van der Waals surface area contributed by atoms with Gasteiger partial charge in [0.1, 0.15) is 36.6 Å². The molecule has 0 amide bonds. The van der Waals surface area contributed by atoms with Crippen LogP contribution in [0.15, 0.2) is 18.2 Å². The monoisotopic (exact) mass is 506 g/mol. The largest absolute Gasteiger partial charge is 0.504 e. The van der Waals surface area contributed by atoms with Crippen molar-refractivity contribution in [3.05, 3.63) is 23.8 Å². The molecule has 2 aliphatic heterocycles. The predicted octanol–water partition coefficient (Wildman–Crippen LogP) is -3.19. The summed E-state index contributed by atoms with van der Waals surface area (Å²) < 4.78 is 27.0. The number of hydrogen-bond donors (Lipinski definition) is 8. The summed E-state index contributed by atoms with van der Waals surface area (Å²) >= 11 is 0. The zero-order valence-corrected chi connectivity index (χ0v) is 18.7. The Morgan fingerprint density at radius 1 is 0.914 bits per heavy atom. The summed E-state index contributed by atoms with van der Waals surface area (Å²) in [4.78, 5) is 11.8. The number of hydrogen-bond acceptors (Lipinski definition) is 14. The van der Waals surface area contributed by atoms with E-state index in [9.17, 15) is 45.6 Å². The lowest BCUT2D eigenvalue weighted by Crippen LogP contribution is -2.65. The molecular weight excluding hydrogens is 476 g/mol. The van der Waals surface area contributed by atoms with E-state index in [2.05, 4.69) is 0 Å². The lowest BCUT2D eigenvalue weighted by atomic mass is 9.97. The molecule has 8 N–H and O–H groups in total. The maximum Gasteiger partial charge on any atom is 0.303 e. The fourth-order valence-corrected chi connectivity index (χ4v) is 3.76. The third-order valence-corrected chi connectivity index (χ3v) is 5.65. The second-order valence-corrected chi connectivity index (χ2v) is 8.20. The van der Waals surface area contributed by atoms with Crippen LogP contribution in [0.1, 0.15) is 12.5 Å². The fraction of sp³-hybridized carbons (Fsp3) is 0.667. The minimum atomic E-state index is -1.93. The van der Waals surface area contributed by atoms with Gasteiger partial charge in [-0.05, 0) is 24.1 Å². The van der Waals surface area contributed by atoms with Crippen LogP contribution in [-0.4, -0.2) is 122 Å². The van der Waals surface area contributed by atoms with Crippen LogP contribution >= 0.6 is 0 Å². The molecule has 0 aliphatic carbocycles. The van der Waals surface area contributed by atoms with E-state index in [0.29, 0.717) is 5.56 Å². The summed E-state index contributed by atoms with van der Waals surface area (Å²) in [6, 6.07) is 4.16. The van der Waals surface area contributed by atoms with Gasteiger partial charge in [-0.2, -0.15) is 0 Å². The van der Waals surface area contributed by atoms with Crippen LogP contribution in [0.5, 0.6) is 11.5 Å². The van der Waals surface area contributed by atoms with Gasteiger partial charge in [0.05, 0.1) is 13.2 Å². The van der Waals surface area contributed by atoms with Crippen LogP contribution in [0.3, 0.4) is 0 Å². The van der Waals surface area contributed by atoms with Gasteiger partial charge in [0.2, 0.25) is 0 Å². The van der Waals surface area contributed by atoms with Crippen molar-refractivity contribution in [1.82, 2.24) is 0 Å². The number of rotatable bonds is 8. The van der Waals surface area contributed by atoms with Gasteiger partial charge in [0.15, 0.2) is 36.5 Å². The number of aliphatic hydroxyl groups excluding tert-OH is 6. The van der Waals surface area contributed by atoms with E-state index < -0.39 is 74.2 Å². The molecule has 2 heterocycles. The van der Waals surface area contributed by atoms with Crippen LogP contribution in [0.2, 0.25) is 0 Å². The Kier molecular flexibility index (Phi) is 9.22. The number of aromatic hydroxyl groups is 2. The highest BCUT2D eigenvalue weighted by Crippen LogP contribution is 2.31. The second-order valence-electron chi connectivity index (χ2n) is 8.20. The molecule has 0 spiro atoms. The van der Waals surface area contributed by atoms with Gasteiger partial charge in [-0.15, -0.1) is 0 Å². The Bertz CT molecular complexity index is 851. The Morgan fingerprint density at radius 2 is 1.63 bits per heavy atom. The number of carbonyl (C=O) groups excluding carboxylic acids is 1. The van der Waals surface area contributed by atoms with E-state index in [1.165, 1.54) is 12.1 Å². The molecule has 14 heteroatoms. The van der Waals surface area contributed by atoms with Crippen molar-refractivity contribution in [2.24, 2.45) is 0 Å². The smallest absolute Gasteiger partial charge is 0.303 e. The summed E-state index contributed by atoms with van der Waals surface area (Å²) in [5.74, 6) is -1.43. The molecule has 2 fully saturated rings. The maximum atomic E-state index is 11.8. The molecule has 3 rings (SSSR count). The van der Waals surface area contributed by atoms with Gasteiger partial charge in [-0.1, -0.05) is 6.07 Å². The summed E-state index contributed by atoms with van der Waals surface area (Å²) in [5, 5.41) is 78.9. The summed E-state index contributed by atoms with van der Waals surface area (Å²) in [7, 11) is 0. The van der Waals surface area contributed by atoms with Crippen molar-refractivity contribution in [3.8, 4) is 11.5 Å². The van der Waals surface area contributed by atoms with E-state index in [0.717, 1.165) is 6.92 Å². The second kappa shape index (κ2) is 11.7. The lowest BCUT2D eigenvalue weighted by molar-refractivity contribution is -0.378. The van der Waals surface area contributed by atoms with Crippen molar-refractivity contribution in [2.75, 3.05) is 13.2 Å². The number of ether oxygens (including phenoxy) is 5. The number of carbonyl (C=O) groups is 1. The molecule has 1 aromatic carbocycles. The topological polar surface area (TPSA) is 225 Å². The highest BCUT2D eigenvalue weighted by molar-refractivity contribution is 5.66. The third-order valence-electron chi connectivity index (χ3n) is 5.65. The molecule has 2 aliphatic rings. The van der Waals surface area contributed by atoms with Gasteiger partial charge in [-0.25, -0.2) is 0 Å². The Labute approximate surface area is 199 Å². The summed E-state index contributed by atoms with van der Waals surface area (Å²) in [5.41, 5.74) is 0.590. The van der Waals surface area contributed by atoms with Crippen LogP contribution in [0.4, 0.5) is 0 Å². The van der Waals surface area contributed by atoms with Gasteiger partial charge in [-0.3, -0.25) is 4.79 Å². The Morgan fingerprint density at radius 3 is 2.26 bits per heavy atom. The van der Waals surface area contributed by atoms with Crippen molar-refractivity contribution in [1.29, 1.82) is 0 Å². The fourth-order valence-electron chi connectivity index (χ4n) is 3.76. The molecule has 14 nitrogen and oxygen atoms in total. The van der Waals surface area contributed by atoms with Crippen LogP contribution in [0, 0.1) is 0 Å². The predicted molar refractivity (Wildman–Crippen MR) is 111 cm³/mol. The number of esters is 1. The first-order valence-electron chi connectivity index (χ1n) is 10.8. The number of phenolic OH excluding ortho intramolecular Hbond substituents is 2. The maximum absolute atomic E-state index is 11.8. The van der Waals surface area contributed by atoms with Crippen molar-refractivity contribution >= 4 is 5.97 Å². The van der Waals surface area contributed by atoms with Crippen molar-refractivity contribution in [2.45, 2.75) is 74.9 Å². The standard InChI is InChI=1S/C21H30O14/c1-8(23)32-18-17(34-20-16(29)14(27)15(28)19(30)35-20)13(26)12(7-22)33-21(18)31-5-4-9-2-3-10(24)11(25)6-9/h2-3,6,12-22,24-30H,4-5,7H2,1H3/t12-,13-,14-,15-,16-,17+,18-,19+,20-,21-/m1/s1. The van der Waals surface area contributed by atoms with Crippen molar-refractivity contribution in [3.63, 3.8) is 0 Å². The SMILES string of the molecule is CC(=O)O[C@H]1[C@H](OCCc2ccc(O)c(O)c2)O[C@H](CO)[C@@H](O)[C@@H]1O[C@@H]1O[C@H](O)[C@H](O)[C@@H](O)[C@H]1O. The first-order chi connectivity index (χ1) is 16.5. The minimum Gasteiger partial charge on any atom is -0.504 e. The average Bonchev–Trinajstić information content (AvgIpc) is 2.81. The van der Waals surface area contributed by atoms with E-state index >= 15 is 0 Å². The molecule has 0 aromatic heterocycles. The van der Waals surface area contributed by atoms with Gasteiger partial charge in [0, 0.05) is 6.92 Å². The number of phenols is 2. The zero-order chi connectivity index (χ0) is 25.9. The summed E-state index contributed by atoms with van der Waals surface area (Å²) in [6.45, 7) is 0.324. The van der Waals surface area contributed by atoms with E-state index in [-0.39, 0.29) is 24.5 Å². The number of benzene rings is 1. The zero-order valence-electron chi connectivity index (χ0n) is 18.7. The molecule has 0 bridgehead atoms. The van der Waals surface area contributed by atoms with Crippen LogP contribution in [-0.2, 0) is 34.9 Å². The first-order valence-corrected chi connectivity index (χ1v) is 10.8. The van der Waals surface area contributed by atoms with Gasteiger partial charge in [0.25, 0.3) is 0 Å². The van der Waals surface area contributed by atoms with Gasteiger partial charge >= 0.3 is 5.97 Å². The average molecular weight is 506 g/mol. The quantitative estimate of drug-likeness (QED) is 0.128. The Hall–Kier alpha value is -2.11. The van der Waals surface area contributed by atoms with E-state index in [1.54, 1.807) is 6.07 Å². The molecule has 10 atom stereocenters. The normalized spacial score (nSPS) is 37.7. The summed E-state index contributed by atoms with van der Waals surface area (Å²) in [6.07, 6.45) is -16.3. The highest BCUT2D eigenvalue weighted by Gasteiger charge is 2.52. The van der Waals surface area contributed by atoms with E-state index in [4.69, 9.17) is 23.7 Å². The highest BCUT2D eigenvalue weighted by atomic mass is 16.8. The minimum absolute atomic E-state index is 0.0558. The third kappa shape index (κ3) is 6.37. The molecule has 0 radical (unpaired) electrons. The molecule has 35 heavy (non-hydrogen) atoms. The molecule has 198 valence electrons. The molecule has 0 unspecified atom stereocenters. The molecule has 2 saturated heterocycles. The molecule has 0 saturated carbocycles. The molecule has 1 aromatic rings. The first kappa shape index (κ1) is 27.5. The van der Waals surface area contributed by atoms with E-state index in [1.807, 2.05) is 0 Å². The Balaban J connectivity index is 1.76. The molecular formula is C21H30O14.